The van der Waals surface area contributed by atoms with Crippen molar-refractivity contribution in [2.75, 3.05) is 0 Å². The molecule has 1 aromatic carbocycles. The van der Waals surface area contributed by atoms with Crippen LogP contribution in [0.4, 0.5) is 4.39 Å². The van der Waals surface area contributed by atoms with E-state index in [4.69, 9.17) is 11.6 Å². The summed E-state index contributed by atoms with van der Waals surface area (Å²) in [6.07, 6.45) is 2.62. The lowest BCUT2D eigenvalue weighted by Gasteiger charge is -2.19. The molecule has 21 heavy (non-hydrogen) atoms. The maximum atomic E-state index is 14.0. The molecule has 0 aliphatic carbocycles. The number of para-hydroxylation sites is 1. The molecule has 0 aliphatic rings. The maximum Gasteiger partial charge on any atom is 0.151 e. The van der Waals surface area contributed by atoms with Gasteiger partial charge in [-0.25, -0.2) is 14.4 Å². The molecular weight excluding hydrogens is 309 g/mol. The van der Waals surface area contributed by atoms with Gasteiger partial charge in [-0.15, -0.1) is 22.9 Å². The van der Waals surface area contributed by atoms with Gasteiger partial charge in [0.1, 0.15) is 16.3 Å². The van der Waals surface area contributed by atoms with Gasteiger partial charge in [0.05, 0.1) is 16.9 Å². The van der Waals surface area contributed by atoms with E-state index in [0.717, 1.165) is 16.9 Å². The van der Waals surface area contributed by atoms with Crippen LogP contribution in [0.25, 0.3) is 11.0 Å². The third-order valence-electron chi connectivity index (χ3n) is 3.49. The van der Waals surface area contributed by atoms with Crippen LogP contribution in [-0.2, 0) is 0 Å². The molecule has 0 N–H and O–H groups in total. The van der Waals surface area contributed by atoms with Gasteiger partial charge in [0, 0.05) is 11.6 Å². The first kappa shape index (κ1) is 14.5. The van der Waals surface area contributed by atoms with Crippen LogP contribution < -0.4 is 0 Å². The van der Waals surface area contributed by atoms with Crippen LogP contribution in [0.3, 0.4) is 0 Å². The molecular formula is C15H15ClFN3S. The molecule has 0 saturated carbocycles. The van der Waals surface area contributed by atoms with Crippen molar-refractivity contribution in [2.24, 2.45) is 0 Å². The highest BCUT2D eigenvalue weighted by atomic mass is 35.5. The van der Waals surface area contributed by atoms with E-state index < -0.39 is 0 Å². The number of aromatic nitrogens is 3. The smallest absolute Gasteiger partial charge is 0.151 e. The zero-order chi connectivity index (χ0) is 15.0. The topological polar surface area (TPSA) is 30.7 Å². The van der Waals surface area contributed by atoms with Gasteiger partial charge >= 0.3 is 0 Å². The molecule has 0 aliphatic heterocycles. The van der Waals surface area contributed by atoms with Gasteiger partial charge in [-0.2, -0.15) is 0 Å². The summed E-state index contributed by atoms with van der Waals surface area (Å²) in [5, 5.41) is 2.63. The van der Waals surface area contributed by atoms with Crippen molar-refractivity contribution in [1.82, 2.24) is 14.5 Å². The first-order valence-electron chi connectivity index (χ1n) is 6.83. The molecule has 3 rings (SSSR count). The molecule has 0 bridgehead atoms. The summed E-state index contributed by atoms with van der Waals surface area (Å²) < 4.78 is 16.0. The molecule has 3 aromatic rings. The first-order valence-corrected chi connectivity index (χ1v) is 8.14. The Morgan fingerprint density at radius 1 is 1.43 bits per heavy atom. The fourth-order valence-corrected chi connectivity index (χ4v) is 3.54. The highest BCUT2D eigenvalue weighted by molar-refractivity contribution is 7.09. The van der Waals surface area contributed by atoms with Gasteiger partial charge in [0.15, 0.2) is 5.82 Å². The fraction of sp³-hybridized carbons (Fsp3) is 0.333. The largest absolute Gasteiger partial charge is 0.317 e. The predicted molar refractivity (Wildman–Crippen MR) is 84.5 cm³/mol. The second-order valence-electron chi connectivity index (χ2n) is 4.86. The van der Waals surface area contributed by atoms with Crippen molar-refractivity contribution in [3.63, 3.8) is 0 Å². The van der Waals surface area contributed by atoms with Crippen LogP contribution in [0.2, 0.25) is 0 Å². The van der Waals surface area contributed by atoms with E-state index >= 15 is 0 Å². The molecule has 0 amide bonds. The molecule has 2 atom stereocenters. The van der Waals surface area contributed by atoms with Crippen LogP contribution in [0.15, 0.2) is 29.8 Å². The summed E-state index contributed by atoms with van der Waals surface area (Å²) in [4.78, 5) is 8.83. The van der Waals surface area contributed by atoms with Gasteiger partial charge in [-0.1, -0.05) is 13.0 Å². The van der Waals surface area contributed by atoms with Crippen LogP contribution in [0, 0.1) is 5.82 Å². The van der Waals surface area contributed by atoms with Crippen molar-refractivity contribution in [1.29, 1.82) is 0 Å². The third-order valence-corrected chi connectivity index (χ3v) is 4.56. The Balaban J connectivity index is 2.29. The number of halogens is 2. The van der Waals surface area contributed by atoms with Crippen molar-refractivity contribution >= 4 is 34.0 Å². The number of imidazole rings is 1. The van der Waals surface area contributed by atoms with Gasteiger partial charge in [-0.3, -0.25) is 0 Å². The minimum absolute atomic E-state index is 0.0213. The number of fused-ring (bicyclic) bond motifs is 1. The summed E-state index contributed by atoms with van der Waals surface area (Å²) in [6, 6.07) is 5.03. The van der Waals surface area contributed by atoms with Crippen LogP contribution in [0.1, 0.15) is 42.5 Å². The van der Waals surface area contributed by atoms with Gasteiger partial charge in [-0.05, 0) is 25.5 Å². The lowest BCUT2D eigenvalue weighted by molar-refractivity contribution is 0.552. The van der Waals surface area contributed by atoms with E-state index in [-0.39, 0.29) is 17.2 Å². The molecule has 2 unspecified atom stereocenters. The van der Waals surface area contributed by atoms with Gasteiger partial charge in [0.25, 0.3) is 0 Å². The molecule has 0 fully saturated rings. The van der Waals surface area contributed by atoms with E-state index in [1.54, 1.807) is 23.6 Å². The minimum Gasteiger partial charge on any atom is -0.317 e. The molecule has 110 valence electrons. The number of hydrogen-bond donors (Lipinski definition) is 0. The molecule has 2 aromatic heterocycles. The standard InChI is InChI=1S/C15H15ClFN3S/c1-3-11(15-18-7-8-21-15)20-12-6-4-5-10(17)13(12)19-14(20)9(2)16/h4-9,11H,3H2,1-2H3. The Labute approximate surface area is 131 Å². The van der Waals surface area contributed by atoms with Crippen LogP contribution in [-0.4, -0.2) is 14.5 Å². The Kier molecular flexibility index (Phi) is 3.95. The number of benzene rings is 1. The van der Waals surface area contributed by atoms with Crippen LogP contribution >= 0.6 is 22.9 Å². The lowest BCUT2D eigenvalue weighted by atomic mass is 10.2. The lowest BCUT2D eigenvalue weighted by Crippen LogP contribution is -2.13. The monoisotopic (exact) mass is 323 g/mol. The Bertz CT molecular complexity index is 752. The summed E-state index contributed by atoms with van der Waals surface area (Å²) in [6.45, 7) is 3.94. The Morgan fingerprint density at radius 3 is 2.86 bits per heavy atom. The second kappa shape index (κ2) is 5.73. The number of rotatable bonds is 4. The number of hydrogen-bond acceptors (Lipinski definition) is 3. The van der Waals surface area contributed by atoms with E-state index in [9.17, 15) is 4.39 Å². The van der Waals surface area contributed by atoms with E-state index in [2.05, 4.69) is 16.9 Å². The van der Waals surface area contributed by atoms with Crippen LogP contribution in [0.5, 0.6) is 0 Å². The quantitative estimate of drug-likeness (QED) is 0.637. The summed E-state index contributed by atoms with van der Waals surface area (Å²) in [7, 11) is 0. The molecule has 3 nitrogen and oxygen atoms in total. The number of nitrogens with zero attached hydrogens (tertiary/aromatic N) is 3. The minimum atomic E-state index is -0.321. The SMILES string of the molecule is CCC(c1nccs1)n1c(C(C)Cl)nc2c(F)cccc21. The predicted octanol–water partition coefficient (Wildman–Crippen LogP) is 4.93. The fourth-order valence-electron chi connectivity index (χ4n) is 2.58. The molecule has 2 heterocycles. The summed E-state index contributed by atoms with van der Waals surface area (Å²) in [5.74, 6) is 0.359. The van der Waals surface area contributed by atoms with Gasteiger partial charge in [0.2, 0.25) is 0 Å². The van der Waals surface area contributed by atoms with E-state index in [0.29, 0.717) is 11.3 Å². The third kappa shape index (κ3) is 2.45. The molecule has 6 heteroatoms. The number of thiazole rings is 1. The summed E-state index contributed by atoms with van der Waals surface area (Å²) in [5.41, 5.74) is 1.13. The summed E-state index contributed by atoms with van der Waals surface area (Å²) >= 11 is 7.86. The van der Waals surface area contributed by atoms with E-state index in [1.165, 1.54) is 6.07 Å². The Hall–Kier alpha value is -1.46. The first-order chi connectivity index (χ1) is 10.1. The molecule has 0 spiro atoms. The Morgan fingerprint density at radius 2 is 2.24 bits per heavy atom. The van der Waals surface area contributed by atoms with Gasteiger partial charge < -0.3 is 4.57 Å². The second-order valence-corrected chi connectivity index (χ2v) is 6.44. The zero-order valence-corrected chi connectivity index (χ0v) is 13.3. The highest BCUT2D eigenvalue weighted by Crippen LogP contribution is 2.34. The van der Waals surface area contributed by atoms with Crippen molar-refractivity contribution in [2.45, 2.75) is 31.7 Å². The maximum absolute atomic E-state index is 14.0. The zero-order valence-electron chi connectivity index (χ0n) is 11.8. The van der Waals surface area contributed by atoms with E-state index in [1.807, 2.05) is 22.9 Å². The molecule has 0 saturated heterocycles. The van der Waals surface area contributed by atoms with Crippen molar-refractivity contribution in [3.05, 3.63) is 46.4 Å². The highest BCUT2D eigenvalue weighted by Gasteiger charge is 2.24. The van der Waals surface area contributed by atoms with Crippen molar-refractivity contribution < 1.29 is 4.39 Å². The normalized spacial score (nSPS) is 14.5. The molecule has 0 radical (unpaired) electrons. The average Bonchev–Trinajstić information content (AvgIpc) is 3.09. The number of alkyl halides is 1. The average molecular weight is 324 g/mol. The van der Waals surface area contributed by atoms with Crippen molar-refractivity contribution in [3.8, 4) is 0 Å².